The second kappa shape index (κ2) is 5.14. The van der Waals surface area contributed by atoms with Crippen LogP contribution in [0.1, 0.15) is 0 Å². The Hall–Kier alpha value is -1.95. The number of rotatable bonds is 4. The number of carbonyl (C=O) groups is 1. The number of carbonyl (C=O) groups excluding carboxylic acids is 1. The summed E-state index contributed by atoms with van der Waals surface area (Å²) in [5.74, 6) is 1.18. The quantitative estimate of drug-likeness (QED) is 0.865. The van der Waals surface area contributed by atoms with Crippen LogP contribution in [0.4, 0.5) is 10.5 Å². The molecule has 0 unspecified atom stereocenters. The first-order valence-electron chi connectivity index (χ1n) is 5.59. The van der Waals surface area contributed by atoms with Crippen LogP contribution in [0.2, 0.25) is 0 Å². The van der Waals surface area contributed by atoms with E-state index in [-0.39, 0.29) is 6.10 Å². The summed E-state index contributed by atoms with van der Waals surface area (Å²) in [6.07, 6.45) is -0.650. The summed E-state index contributed by atoms with van der Waals surface area (Å²) >= 11 is 0. The summed E-state index contributed by atoms with van der Waals surface area (Å²) in [5, 5.41) is 0. The third-order valence-electron chi connectivity index (χ3n) is 2.82. The number of nitrogens with two attached hydrogens (primary N) is 1. The highest BCUT2D eigenvalue weighted by Gasteiger charge is 2.31. The van der Waals surface area contributed by atoms with Crippen molar-refractivity contribution in [3.05, 3.63) is 18.2 Å². The number of methoxy groups -OCH3 is 2. The van der Waals surface area contributed by atoms with Gasteiger partial charge in [0.25, 0.3) is 0 Å². The zero-order chi connectivity index (χ0) is 13.1. The van der Waals surface area contributed by atoms with Gasteiger partial charge in [-0.2, -0.15) is 0 Å². The van der Waals surface area contributed by atoms with Gasteiger partial charge in [0.15, 0.2) is 11.5 Å². The molecule has 0 saturated carbocycles. The number of cyclic esters (lactones) is 1. The van der Waals surface area contributed by atoms with Gasteiger partial charge in [-0.1, -0.05) is 0 Å². The van der Waals surface area contributed by atoms with Gasteiger partial charge in [0, 0.05) is 12.6 Å². The predicted molar refractivity (Wildman–Crippen MR) is 66.2 cm³/mol. The maximum Gasteiger partial charge on any atom is 0.414 e. The summed E-state index contributed by atoms with van der Waals surface area (Å²) in [6, 6.07) is 5.26. The van der Waals surface area contributed by atoms with Crippen LogP contribution in [0.5, 0.6) is 11.5 Å². The maximum atomic E-state index is 11.7. The fourth-order valence-electron chi connectivity index (χ4n) is 1.85. The molecule has 1 heterocycles. The fraction of sp³-hybridized carbons (Fsp3) is 0.417. The van der Waals surface area contributed by atoms with Crippen molar-refractivity contribution in [1.29, 1.82) is 0 Å². The lowest BCUT2D eigenvalue weighted by Gasteiger charge is -2.15. The summed E-state index contributed by atoms with van der Waals surface area (Å²) in [5.41, 5.74) is 6.19. The lowest BCUT2D eigenvalue weighted by Crippen LogP contribution is -2.27. The topological polar surface area (TPSA) is 74.0 Å². The van der Waals surface area contributed by atoms with E-state index in [2.05, 4.69) is 0 Å². The van der Waals surface area contributed by atoms with E-state index in [1.807, 2.05) is 0 Å². The summed E-state index contributed by atoms with van der Waals surface area (Å²) in [4.78, 5) is 13.2. The zero-order valence-electron chi connectivity index (χ0n) is 10.4. The smallest absolute Gasteiger partial charge is 0.414 e. The average Bonchev–Trinajstić information content (AvgIpc) is 2.79. The van der Waals surface area contributed by atoms with Crippen LogP contribution in [0.3, 0.4) is 0 Å². The highest BCUT2D eigenvalue weighted by molar-refractivity contribution is 5.90. The van der Waals surface area contributed by atoms with E-state index in [9.17, 15) is 4.79 Å². The van der Waals surface area contributed by atoms with Crippen molar-refractivity contribution < 1.29 is 19.0 Å². The van der Waals surface area contributed by atoms with Crippen molar-refractivity contribution in [3.8, 4) is 11.5 Å². The minimum Gasteiger partial charge on any atom is -0.493 e. The first kappa shape index (κ1) is 12.5. The first-order valence-corrected chi connectivity index (χ1v) is 5.59. The molecule has 0 spiro atoms. The largest absolute Gasteiger partial charge is 0.493 e. The van der Waals surface area contributed by atoms with Crippen LogP contribution in [0.15, 0.2) is 18.2 Å². The van der Waals surface area contributed by atoms with E-state index in [0.29, 0.717) is 30.3 Å². The summed E-state index contributed by atoms with van der Waals surface area (Å²) in [6.45, 7) is 0.764. The molecule has 6 heteroatoms. The Morgan fingerprint density at radius 2 is 2.11 bits per heavy atom. The minimum atomic E-state index is -0.391. The standard InChI is InChI=1S/C12H16N2O4/c1-16-10-4-3-8(5-11(10)17-2)14-7-9(6-13)18-12(14)15/h3-5,9H,6-7,13H2,1-2H3/t9-/m1/s1. The van der Waals surface area contributed by atoms with Crippen molar-refractivity contribution in [3.63, 3.8) is 0 Å². The Kier molecular flexibility index (Phi) is 3.57. The van der Waals surface area contributed by atoms with Crippen LogP contribution in [0, 0.1) is 0 Å². The van der Waals surface area contributed by atoms with E-state index < -0.39 is 6.09 Å². The second-order valence-corrected chi connectivity index (χ2v) is 3.89. The molecule has 2 rings (SSSR count). The predicted octanol–water partition coefficient (Wildman–Crippen LogP) is 0.988. The van der Waals surface area contributed by atoms with E-state index in [4.69, 9.17) is 19.9 Å². The minimum absolute atomic E-state index is 0.259. The number of benzene rings is 1. The molecule has 18 heavy (non-hydrogen) atoms. The van der Waals surface area contributed by atoms with Crippen molar-refractivity contribution in [2.24, 2.45) is 5.73 Å². The van der Waals surface area contributed by atoms with Gasteiger partial charge < -0.3 is 19.9 Å². The zero-order valence-corrected chi connectivity index (χ0v) is 10.4. The van der Waals surface area contributed by atoms with Crippen molar-refractivity contribution in [1.82, 2.24) is 0 Å². The summed E-state index contributed by atoms with van der Waals surface area (Å²) < 4.78 is 15.4. The first-order chi connectivity index (χ1) is 8.69. The summed E-state index contributed by atoms with van der Waals surface area (Å²) in [7, 11) is 3.11. The Bertz CT molecular complexity index is 450. The van der Waals surface area contributed by atoms with Crippen molar-refractivity contribution >= 4 is 11.8 Å². The normalized spacial score (nSPS) is 18.7. The highest BCUT2D eigenvalue weighted by atomic mass is 16.6. The van der Waals surface area contributed by atoms with Gasteiger partial charge in [-0.05, 0) is 12.1 Å². The molecule has 1 atom stereocenters. The number of amides is 1. The molecule has 1 saturated heterocycles. The molecular formula is C12H16N2O4. The molecule has 1 aliphatic rings. The van der Waals surface area contributed by atoms with Crippen LogP contribution >= 0.6 is 0 Å². The number of ether oxygens (including phenoxy) is 3. The highest BCUT2D eigenvalue weighted by Crippen LogP contribution is 2.32. The van der Waals surface area contributed by atoms with Crippen LogP contribution in [-0.2, 0) is 4.74 Å². The molecule has 98 valence electrons. The van der Waals surface area contributed by atoms with Gasteiger partial charge in [0.2, 0.25) is 0 Å². The Morgan fingerprint density at radius 1 is 1.39 bits per heavy atom. The molecule has 1 fully saturated rings. The second-order valence-electron chi connectivity index (χ2n) is 3.89. The van der Waals surface area contributed by atoms with Crippen molar-refractivity contribution in [2.45, 2.75) is 6.10 Å². The third kappa shape index (κ3) is 2.19. The van der Waals surface area contributed by atoms with Gasteiger partial charge in [-0.3, -0.25) is 4.90 Å². The lowest BCUT2D eigenvalue weighted by molar-refractivity contribution is 0.145. The molecule has 0 aromatic heterocycles. The monoisotopic (exact) mass is 252 g/mol. The molecule has 1 aliphatic heterocycles. The Balaban J connectivity index is 2.26. The molecule has 0 radical (unpaired) electrons. The van der Waals surface area contributed by atoms with E-state index in [1.54, 1.807) is 32.4 Å². The number of hydrogen-bond acceptors (Lipinski definition) is 5. The SMILES string of the molecule is COc1ccc(N2C[C@@H](CN)OC2=O)cc1OC. The number of hydrogen-bond donors (Lipinski definition) is 1. The van der Waals surface area contributed by atoms with E-state index in [0.717, 1.165) is 0 Å². The molecule has 2 N–H and O–H groups in total. The van der Waals surface area contributed by atoms with E-state index in [1.165, 1.54) is 4.90 Å². The van der Waals surface area contributed by atoms with E-state index >= 15 is 0 Å². The van der Waals surface area contributed by atoms with Gasteiger partial charge in [-0.25, -0.2) is 4.79 Å². The molecule has 6 nitrogen and oxygen atoms in total. The van der Waals surface area contributed by atoms with Crippen LogP contribution in [-0.4, -0.2) is 39.5 Å². The third-order valence-corrected chi connectivity index (χ3v) is 2.82. The molecule has 1 aromatic carbocycles. The molecular weight excluding hydrogens is 236 g/mol. The number of anilines is 1. The maximum absolute atomic E-state index is 11.7. The van der Waals surface area contributed by atoms with Crippen LogP contribution < -0.4 is 20.1 Å². The molecule has 1 amide bonds. The van der Waals surface area contributed by atoms with Gasteiger partial charge in [0.05, 0.1) is 26.5 Å². The van der Waals surface area contributed by atoms with Crippen molar-refractivity contribution in [2.75, 3.05) is 32.2 Å². The molecule has 0 bridgehead atoms. The van der Waals surface area contributed by atoms with Crippen LogP contribution in [0.25, 0.3) is 0 Å². The Morgan fingerprint density at radius 3 is 2.67 bits per heavy atom. The lowest BCUT2D eigenvalue weighted by atomic mass is 10.2. The number of nitrogens with zero attached hydrogens (tertiary/aromatic N) is 1. The fourth-order valence-corrected chi connectivity index (χ4v) is 1.85. The molecule has 1 aromatic rings. The van der Waals surface area contributed by atoms with Gasteiger partial charge in [0.1, 0.15) is 6.10 Å². The Labute approximate surface area is 105 Å². The molecule has 0 aliphatic carbocycles. The van der Waals surface area contributed by atoms with Gasteiger partial charge in [-0.15, -0.1) is 0 Å². The average molecular weight is 252 g/mol. The van der Waals surface area contributed by atoms with Gasteiger partial charge >= 0.3 is 6.09 Å².